The Hall–Kier alpha value is -0.730. The van der Waals surface area contributed by atoms with Crippen LogP contribution in [0.3, 0.4) is 0 Å². The summed E-state index contributed by atoms with van der Waals surface area (Å²) in [6.45, 7) is 2.31. The smallest absolute Gasteiger partial charge is 0.240 e. The molecule has 1 unspecified atom stereocenters. The van der Waals surface area contributed by atoms with Gasteiger partial charge in [-0.3, -0.25) is 0 Å². The average molecular weight is 389 g/mol. The maximum atomic E-state index is 12.3. The van der Waals surface area contributed by atoms with E-state index in [1.54, 1.807) is 12.1 Å². The topological polar surface area (TPSA) is 58.2 Å². The van der Waals surface area contributed by atoms with Gasteiger partial charge < -0.3 is 5.32 Å². The molecule has 4 nitrogen and oxygen atoms in total. The van der Waals surface area contributed by atoms with Crippen LogP contribution in [0.1, 0.15) is 23.4 Å². The average Bonchev–Trinajstić information content (AvgIpc) is 2.90. The first-order valence-corrected chi connectivity index (χ1v) is 9.58. The van der Waals surface area contributed by atoms with Crippen molar-refractivity contribution in [2.75, 3.05) is 7.05 Å². The number of benzene rings is 1. The van der Waals surface area contributed by atoms with Crippen molar-refractivity contribution in [1.82, 2.24) is 10.0 Å². The lowest BCUT2D eigenvalue weighted by Gasteiger charge is -2.11. The molecule has 0 radical (unpaired) electrons. The minimum absolute atomic E-state index is 0.191. The van der Waals surface area contributed by atoms with E-state index in [1.165, 1.54) is 11.3 Å². The second kappa shape index (κ2) is 7.02. The fourth-order valence-electron chi connectivity index (χ4n) is 1.80. The molecule has 7 heteroatoms. The Morgan fingerprint density at radius 3 is 2.43 bits per heavy atom. The number of rotatable bonds is 6. The third-order valence-corrected chi connectivity index (χ3v) is 6.58. The summed E-state index contributed by atoms with van der Waals surface area (Å²) < 4.78 is 28.0. The molecule has 2 rings (SSSR count). The van der Waals surface area contributed by atoms with E-state index in [9.17, 15) is 8.42 Å². The van der Waals surface area contributed by atoms with Crippen LogP contribution in [0.2, 0.25) is 0 Å². The van der Waals surface area contributed by atoms with Gasteiger partial charge in [-0.05, 0) is 59.0 Å². The molecule has 2 aromatic rings. The summed E-state index contributed by atoms with van der Waals surface area (Å²) in [6, 6.07) is 9.02. The Labute approximate surface area is 137 Å². The number of hydrogen-bond donors (Lipinski definition) is 2. The van der Waals surface area contributed by atoms with Gasteiger partial charge in [-0.2, -0.15) is 0 Å². The lowest BCUT2D eigenvalue weighted by molar-refractivity contribution is 0.581. The number of nitrogens with one attached hydrogen (secondary N) is 2. The zero-order valence-corrected chi connectivity index (χ0v) is 15.0. The van der Waals surface area contributed by atoms with Crippen molar-refractivity contribution in [2.45, 2.75) is 24.4 Å². The van der Waals surface area contributed by atoms with Crippen molar-refractivity contribution in [3.63, 3.8) is 0 Å². The molecule has 114 valence electrons. The van der Waals surface area contributed by atoms with Crippen molar-refractivity contribution in [3.8, 4) is 0 Å². The van der Waals surface area contributed by atoms with E-state index >= 15 is 0 Å². The number of sulfonamides is 1. The Balaban J connectivity index is 2.10. The molecule has 0 aliphatic carbocycles. The lowest BCUT2D eigenvalue weighted by atomic mass is 10.1. The number of halogens is 1. The number of hydrogen-bond acceptors (Lipinski definition) is 4. The van der Waals surface area contributed by atoms with Crippen molar-refractivity contribution in [1.29, 1.82) is 0 Å². The van der Waals surface area contributed by atoms with Crippen molar-refractivity contribution in [2.24, 2.45) is 0 Å². The Morgan fingerprint density at radius 1 is 1.24 bits per heavy atom. The molecule has 0 fully saturated rings. The van der Waals surface area contributed by atoms with Gasteiger partial charge in [0.25, 0.3) is 0 Å². The Kier molecular flexibility index (Phi) is 5.56. The second-order valence-corrected chi connectivity index (χ2v) is 8.22. The van der Waals surface area contributed by atoms with E-state index in [-0.39, 0.29) is 17.5 Å². The monoisotopic (exact) mass is 388 g/mol. The van der Waals surface area contributed by atoms with E-state index in [2.05, 4.69) is 26.0 Å². The van der Waals surface area contributed by atoms with Gasteiger partial charge in [0, 0.05) is 21.9 Å². The highest BCUT2D eigenvalue weighted by molar-refractivity contribution is 9.10. The molecule has 1 aromatic heterocycles. The first kappa shape index (κ1) is 16.6. The highest BCUT2D eigenvalue weighted by atomic mass is 79.9. The first-order chi connectivity index (χ1) is 9.94. The highest BCUT2D eigenvalue weighted by Gasteiger charge is 2.15. The maximum Gasteiger partial charge on any atom is 0.240 e. The minimum atomic E-state index is -3.49. The summed E-state index contributed by atoms with van der Waals surface area (Å²) in [5, 5.41) is 5.04. The van der Waals surface area contributed by atoms with Crippen molar-refractivity contribution < 1.29 is 8.42 Å². The van der Waals surface area contributed by atoms with Crippen LogP contribution in [-0.2, 0) is 16.6 Å². The molecule has 0 bridgehead atoms. The fraction of sp³-hybridized carbons (Fsp3) is 0.286. The summed E-state index contributed by atoms with van der Waals surface area (Å²) >= 11 is 4.90. The Bertz CT molecular complexity index is 696. The van der Waals surface area contributed by atoms with Gasteiger partial charge in [-0.1, -0.05) is 12.1 Å². The molecule has 21 heavy (non-hydrogen) atoms. The van der Waals surface area contributed by atoms with Crippen LogP contribution in [0.15, 0.2) is 45.1 Å². The van der Waals surface area contributed by atoms with E-state index in [0.29, 0.717) is 0 Å². The minimum Gasteiger partial charge on any atom is -0.313 e. The molecular weight excluding hydrogens is 372 g/mol. The second-order valence-electron chi connectivity index (χ2n) is 4.60. The zero-order chi connectivity index (χ0) is 15.5. The van der Waals surface area contributed by atoms with Gasteiger partial charge in [0.15, 0.2) is 0 Å². The SMILES string of the molecule is CNC(C)c1ccc(S(=O)(=O)NCc2sccc2Br)cc1. The standard InChI is InChI=1S/C14H17BrN2O2S2/c1-10(16-2)11-3-5-12(6-4-11)21(18,19)17-9-14-13(15)7-8-20-14/h3-8,10,16-17H,9H2,1-2H3. The molecule has 0 saturated carbocycles. The van der Waals surface area contributed by atoms with Gasteiger partial charge in [-0.25, -0.2) is 13.1 Å². The molecule has 2 N–H and O–H groups in total. The van der Waals surface area contributed by atoms with Crippen LogP contribution >= 0.6 is 27.3 Å². The van der Waals surface area contributed by atoms with E-state index < -0.39 is 10.0 Å². The molecule has 1 heterocycles. The van der Waals surface area contributed by atoms with Gasteiger partial charge in [0.05, 0.1) is 4.90 Å². The molecule has 0 spiro atoms. The summed E-state index contributed by atoms with van der Waals surface area (Å²) in [7, 11) is -1.62. The third-order valence-electron chi connectivity index (χ3n) is 3.24. The van der Waals surface area contributed by atoms with Crippen LogP contribution in [0.4, 0.5) is 0 Å². The first-order valence-electron chi connectivity index (χ1n) is 6.43. The molecule has 0 aliphatic rings. The molecule has 0 aliphatic heterocycles. The third kappa shape index (κ3) is 4.14. The van der Waals surface area contributed by atoms with Crippen LogP contribution in [0.5, 0.6) is 0 Å². The quantitative estimate of drug-likeness (QED) is 0.797. The largest absolute Gasteiger partial charge is 0.313 e. The van der Waals surface area contributed by atoms with Crippen molar-refractivity contribution in [3.05, 3.63) is 50.6 Å². The van der Waals surface area contributed by atoms with Gasteiger partial charge in [0.2, 0.25) is 10.0 Å². The summed E-state index contributed by atoms with van der Waals surface area (Å²) in [5.41, 5.74) is 1.05. The van der Waals surface area contributed by atoms with Crippen molar-refractivity contribution >= 4 is 37.3 Å². The van der Waals surface area contributed by atoms with Gasteiger partial charge >= 0.3 is 0 Å². The highest BCUT2D eigenvalue weighted by Crippen LogP contribution is 2.23. The van der Waals surface area contributed by atoms with Crippen LogP contribution in [0.25, 0.3) is 0 Å². The molecule has 1 atom stereocenters. The summed E-state index contributed by atoms with van der Waals surface area (Å²) in [4.78, 5) is 1.24. The van der Waals surface area contributed by atoms with E-state index in [0.717, 1.165) is 14.9 Å². The predicted octanol–water partition coefficient (Wildman–Crippen LogP) is 3.27. The normalized spacial score (nSPS) is 13.3. The maximum absolute atomic E-state index is 12.3. The Morgan fingerprint density at radius 2 is 1.90 bits per heavy atom. The molecule has 1 aromatic carbocycles. The number of thiophene rings is 1. The zero-order valence-electron chi connectivity index (χ0n) is 11.8. The lowest BCUT2D eigenvalue weighted by Crippen LogP contribution is -2.23. The molecule has 0 amide bonds. The summed E-state index contributed by atoms with van der Waals surface area (Å²) in [5.74, 6) is 0. The van der Waals surface area contributed by atoms with E-state index in [1.807, 2.05) is 37.6 Å². The molecule has 0 saturated heterocycles. The van der Waals surface area contributed by atoms with E-state index in [4.69, 9.17) is 0 Å². The fourth-order valence-corrected chi connectivity index (χ4v) is 4.32. The molecular formula is C14H17BrN2O2S2. The van der Waals surface area contributed by atoms with Gasteiger partial charge in [0.1, 0.15) is 0 Å². The van der Waals surface area contributed by atoms with Crippen LogP contribution < -0.4 is 10.0 Å². The van der Waals surface area contributed by atoms with Crippen LogP contribution in [-0.4, -0.2) is 15.5 Å². The van der Waals surface area contributed by atoms with Crippen LogP contribution in [0, 0.1) is 0 Å². The van der Waals surface area contributed by atoms with Gasteiger partial charge in [-0.15, -0.1) is 11.3 Å². The predicted molar refractivity (Wildman–Crippen MR) is 90.0 cm³/mol. The summed E-state index contributed by atoms with van der Waals surface area (Å²) in [6.07, 6.45) is 0.